The molecule has 0 saturated carbocycles. The molecule has 3 heteroatoms. The molecular formula is C9H13ClN2. The molecule has 1 aromatic rings. The van der Waals surface area contributed by atoms with E-state index >= 15 is 0 Å². The van der Waals surface area contributed by atoms with Crippen molar-refractivity contribution in [1.82, 2.24) is 4.98 Å². The van der Waals surface area contributed by atoms with Gasteiger partial charge >= 0.3 is 0 Å². The molecule has 0 fully saturated rings. The zero-order chi connectivity index (χ0) is 9.14. The molecule has 0 aliphatic rings. The van der Waals surface area contributed by atoms with Gasteiger partial charge in [0, 0.05) is 6.04 Å². The Labute approximate surface area is 78.0 Å². The van der Waals surface area contributed by atoms with Crippen LogP contribution in [0.4, 0.5) is 5.82 Å². The lowest BCUT2D eigenvalue weighted by molar-refractivity contribution is 0.888. The predicted octanol–water partition coefficient (Wildman–Crippen LogP) is 2.86. The first-order valence-corrected chi connectivity index (χ1v) is 4.36. The highest BCUT2D eigenvalue weighted by molar-refractivity contribution is 6.29. The second-order valence-electron chi connectivity index (χ2n) is 3.15. The van der Waals surface area contributed by atoms with Crippen molar-refractivity contribution in [2.24, 2.45) is 0 Å². The molecule has 2 nitrogen and oxygen atoms in total. The highest BCUT2D eigenvalue weighted by Gasteiger charge is 1.99. The maximum atomic E-state index is 5.78. The number of halogens is 1. The summed E-state index contributed by atoms with van der Waals surface area (Å²) < 4.78 is 0. The Morgan fingerprint density at radius 2 is 2.08 bits per heavy atom. The number of nitrogens with zero attached hydrogens (tertiary/aromatic N) is 1. The maximum Gasteiger partial charge on any atom is 0.131 e. The number of hydrogen-bond donors (Lipinski definition) is 1. The number of aromatic nitrogens is 1. The van der Waals surface area contributed by atoms with Gasteiger partial charge in [0.2, 0.25) is 0 Å². The van der Waals surface area contributed by atoms with Gasteiger partial charge in [0.05, 0.1) is 0 Å². The van der Waals surface area contributed by atoms with Crippen molar-refractivity contribution in [3.8, 4) is 0 Å². The summed E-state index contributed by atoms with van der Waals surface area (Å²) in [7, 11) is 0. The van der Waals surface area contributed by atoms with Gasteiger partial charge in [-0.1, -0.05) is 11.6 Å². The third kappa shape index (κ3) is 2.70. The highest BCUT2D eigenvalue weighted by Crippen LogP contribution is 2.13. The van der Waals surface area contributed by atoms with E-state index in [1.165, 1.54) is 0 Å². The van der Waals surface area contributed by atoms with Crippen molar-refractivity contribution in [1.29, 1.82) is 0 Å². The summed E-state index contributed by atoms with van der Waals surface area (Å²) in [6.45, 7) is 6.13. The molecule has 0 bridgehead atoms. The molecule has 66 valence electrons. The molecule has 1 aromatic heterocycles. The van der Waals surface area contributed by atoms with E-state index in [0.717, 1.165) is 11.4 Å². The van der Waals surface area contributed by atoms with Gasteiger partial charge in [-0.25, -0.2) is 4.98 Å². The fourth-order valence-corrected chi connectivity index (χ4v) is 1.26. The molecule has 1 heterocycles. The molecule has 0 aliphatic heterocycles. The van der Waals surface area contributed by atoms with Gasteiger partial charge < -0.3 is 5.32 Å². The third-order valence-electron chi connectivity index (χ3n) is 1.37. The third-order valence-corrected chi connectivity index (χ3v) is 1.57. The Morgan fingerprint density at radius 3 is 2.58 bits per heavy atom. The van der Waals surface area contributed by atoms with Crippen LogP contribution in [0.15, 0.2) is 12.1 Å². The molecule has 0 saturated heterocycles. The largest absolute Gasteiger partial charge is 0.368 e. The number of anilines is 1. The molecule has 0 radical (unpaired) electrons. The summed E-state index contributed by atoms with van der Waals surface area (Å²) in [6, 6.07) is 4.20. The Bertz CT molecular complexity index is 251. The van der Waals surface area contributed by atoms with Crippen molar-refractivity contribution in [2.45, 2.75) is 26.8 Å². The van der Waals surface area contributed by atoms with E-state index in [4.69, 9.17) is 11.6 Å². The number of hydrogen-bond acceptors (Lipinski definition) is 2. The Kier molecular flexibility index (Phi) is 2.93. The SMILES string of the molecule is Cc1cc(Cl)nc(NC(C)C)c1. The Hall–Kier alpha value is -0.760. The van der Waals surface area contributed by atoms with E-state index in [9.17, 15) is 0 Å². The summed E-state index contributed by atoms with van der Waals surface area (Å²) in [5.74, 6) is 0.843. The summed E-state index contributed by atoms with van der Waals surface area (Å²) in [4.78, 5) is 4.13. The second-order valence-corrected chi connectivity index (χ2v) is 3.54. The monoisotopic (exact) mass is 184 g/mol. The first kappa shape index (κ1) is 9.33. The number of aryl methyl sites for hydroxylation is 1. The number of pyridine rings is 1. The van der Waals surface area contributed by atoms with Crippen LogP contribution in [0.3, 0.4) is 0 Å². The first-order valence-electron chi connectivity index (χ1n) is 3.98. The van der Waals surface area contributed by atoms with E-state index < -0.39 is 0 Å². The average Bonchev–Trinajstić information content (AvgIpc) is 1.81. The smallest absolute Gasteiger partial charge is 0.131 e. The topological polar surface area (TPSA) is 24.9 Å². The van der Waals surface area contributed by atoms with E-state index in [2.05, 4.69) is 24.1 Å². The predicted molar refractivity (Wildman–Crippen MR) is 52.7 cm³/mol. The average molecular weight is 185 g/mol. The quantitative estimate of drug-likeness (QED) is 0.715. The molecule has 0 unspecified atom stereocenters. The van der Waals surface area contributed by atoms with Crippen molar-refractivity contribution in [3.63, 3.8) is 0 Å². The van der Waals surface area contributed by atoms with Crippen molar-refractivity contribution in [2.75, 3.05) is 5.32 Å². The minimum absolute atomic E-state index is 0.385. The highest BCUT2D eigenvalue weighted by atomic mass is 35.5. The lowest BCUT2D eigenvalue weighted by atomic mass is 10.3. The van der Waals surface area contributed by atoms with Crippen LogP contribution in [0.5, 0.6) is 0 Å². The standard InChI is InChI=1S/C9H13ClN2/c1-6(2)11-9-5-7(3)4-8(10)12-9/h4-6H,1-3H3,(H,11,12). The van der Waals surface area contributed by atoms with Gasteiger partial charge in [-0.05, 0) is 38.5 Å². The van der Waals surface area contributed by atoms with E-state index in [1.54, 1.807) is 0 Å². The van der Waals surface area contributed by atoms with Gasteiger partial charge in [0.25, 0.3) is 0 Å². The lowest BCUT2D eigenvalue weighted by Crippen LogP contribution is -2.10. The van der Waals surface area contributed by atoms with Crippen LogP contribution < -0.4 is 5.32 Å². The molecule has 0 atom stereocenters. The van der Waals surface area contributed by atoms with Crippen molar-refractivity contribution < 1.29 is 0 Å². The molecule has 0 aromatic carbocycles. The van der Waals surface area contributed by atoms with Gasteiger partial charge in [0.1, 0.15) is 11.0 Å². The van der Waals surface area contributed by atoms with Gasteiger partial charge in [0.15, 0.2) is 0 Å². The van der Waals surface area contributed by atoms with Crippen molar-refractivity contribution >= 4 is 17.4 Å². The molecule has 1 rings (SSSR count). The van der Waals surface area contributed by atoms with Crippen LogP contribution in [0.1, 0.15) is 19.4 Å². The summed E-state index contributed by atoms with van der Waals surface area (Å²) >= 11 is 5.78. The maximum absolute atomic E-state index is 5.78. The normalized spacial score (nSPS) is 10.4. The van der Waals surface area contributed by atoms with Crippen LogP contribution >= 0.6 is 11.6 Å². The molecular weight excluding hydrogens is 172 g/mol. The zero-order valence-electron chi connectivity index (χ0n) is 7.56. The second kappa shape index (κ2) is 3.76. The Morgan fingerprint density at radius 1 is 1.42 bits per heavy atom. The molecule has 0 aliphatic carbocycles. The first-order chi connectivity index (χ1) is 5.58. The summed E-state index contributed by atoms with van der Waals surface area (Å²) in [5, 5.41) is 3.73. The number of rotatable bonds is 2. The number of nitrogens with one attached hydrogen (secondary N) is 1. The summed E-state index contributed by atoms with van der Waals surface area (Å²) in [5.41, 5.74) is 1.12. The minimum Gasteiger partial charge on any atom is -0.368 e. The van der Waals surface area contributed by atoms with Gasteiger partial charge in [-0.2, -0.15) is 0 Å². The molecule has 12 heavy (non-hydrogen) atoms. The Balaban J connectivity index is 2.85. The van der Waals surface area contributed by atoms with Crippen LogP contribution in [-0.4, -0.2) is 11.0 Å². The fourth-order valence-electron chi connectivity index (χ4n) is 0.995. The molecule has 1 N–H and O–H groups in total. The van der Waals surface area contributed by atoms with E-state index in [-0.39, 0.29) is 0 Å². The van der Waals surface area contributed by atoms with Crippen LogP contribution in [0.2, 0.25) is 5.15 Å². The molecule has 0 amide bonds. The van der Waals surface area contributed by atoms with Crippen LogP contribution in [-0.2, 0) is 0 Å². The molecule has 0 spiro atoms. The minimum atomic E-state index is 0.385. The lowest BCUT2D eigenvalue weighted by Gasteiger charge is -2.09. The van der Waals surface area contributed by atoms with E-state index in [0.29, 0.717) is 11.2 Å². The zero-order valence-corrected chi connectivity index (χ0v) is 8.31. The van der Waals surface area contributed by atoms with Crippen molar-refractivity contribution in [3.05, 3.63) is 22.8 Å². The van der Waals surface area contributed by atoms with Crippen LogP contribution in [0.25, 0.3) is 0 Å². The van der Waals surface area contributed by atoms with Gasteiger partial charge in [-0.3, -0.25) is 0 Å². The van der Waals surface area contributed by atoms with E-state index in [1.807, 2.05) is 19.1 Å². The summed E-state index contributed by atoms with van der Waals surface area (Å²) in [6.07, 6.45) is 0. The van der Waals surface area contributed by atoms with Crippen LogP contribution in [0, 0.1) is 6.92 Å². The van der Waals surface area contributed by atoms with Gasteiger partial charge in [-0.15, -0.1) is 0 Å². The fraction of sp³-hybridized carbons (Fsp3) is 0.444.